The van der Waals surface area contributed by atoms with E-state index in [4.69, 9.17) is 0 Å². The van der Waals surface area contributed by atoms with Gasteiger partial charge >= 0.3 is 0 Å². The van der Waals surface area contributed by atoms with Crippen LogP contribution in [0.25, 0.3) is 0 Å². The van der Waals surface area contributed by atoms with Gasteiger partial charge in [0.25, 0.3) is 0 Å². The molecule has 0 bridgehead atoms. The molecule has 2 amide bonds. The molecule has 0 aromatic carbocycles. The minimum Gasteiger partial charge on any atom is -0.274 e. The number of rotatable bonds is 1. The van der Waals surface area contributed by atoms with Crippen LogP contribution in [0, 0.1) is 23.7 Å². The first-order valence-corrected chi connectivity index (χ1v) is 5.15. The van der Waals surface area contributed by atoms with Crippen LogP contribution in [-0.4, -0.2) is 23.3 Å². The molecule has 3 nitrogen and oxygen atoms in total. The minimum absolute atomic E-state index is 0.0444. The molecule has 1 aliphatic carbocycles. The fraction of sp³-hybridized carbons (Fsp3) is 0.500. The number of allylic oxidation sites excluding steroid dienone is 2. The van der Waals surface area contributed by atoms with E-state index in [1.807, 2.05) is 12.2 Å². The van der Waals surface area contributed by atoms with Crippen LogP contribution in [0.15, 0.2) is 12.2 Å². The van der Waals surface area contributed by atoms with Crippen molar-refractivity contribution in [3.63, 3.8) is 0 Å². The largest absolute Gasteiger partial charge is 0.274 e. The maximum Gasteiger partial charge on any atom is 0.234 e. The second-order valence-corrected chi connectivity index (χ2v) is 3.85. The van der Waals surface area contributed by atoms with Crippen LogP contribution in [0.3, 0.4) is 0 Å². The van der Waals surface area contributed by atoms with Crippen LogP contribution in [-0.2, 0) is 9.59 Å². The van der Waals surface area contributed by atoms with Crippen LogP contribution >= 0.6 is 0 Å². The van der Waals surface area contributed by atoms with Crippen molar-refractivity contribution >= 4 is 11.8 Å². The van der Waals surface area contributed by atoms with Gasteiger partial charge in [-0.1, -0.05) is 18.1 Å². The highest BCUT2D eigenvalue weighted by Crippen LogP contribution is 2.34. The van der Waals surface area contributed by atoms with E-state index in [9.17, 15) is 9.59 Å². The first-order chi connectivity index (χ1) is 7.25. The summed E-state index contributed by atoms with van der Waals surface area (Å²) in [6.45, 7) is 1.96. The number of carbonyl (C=O) groups excluding carboxylic acids is 2. The Kier molecular flexibility index (Phi) is 2.59. The zero-order valence-corrected chi connectivity index (χ0v) is 8.69. The highest BCUT2D eigenvalue weighted by molar-refractivity contribution is 6.05. The molecule has 0 aromatic rings. The first-order valence-electron chi connectivity index (χ1n) is 5.15. The van der Waals surface area contributed by atoms with Gasteiger partial charge in [-0.3, -0.25) is 14.5 Å². The number of carbonyl (C=O) groups is 2. The van der Waals surface area contributed by atoms with Gasteiger partial charge in [-0.25, -0.2) is 0 Å². The van der Waals surface area contributed by atoms with E-state index in [2.05, 4.69) is 11.8 Å². The topological polar surface area (TPSA) is 37.4 Å². The maximum atomic E-state index is 11.9. The highest BCUT2D eigenvalue weighted by Gasteiger charge is 2.46. The molecular weight excluding hydrogens is 190 g/mol. The first kappa shape index (κ1) is 9.97. The maximum absolute atomic E-state index is 11.9. The van der Waals surface area contributed by atoms with E-state index in [-0.39, 0.29) is 30.2 Å². The van der Waals surface area contributed by atoms with Crippen molar-refractivity contribution in [2.45, 2.75) is 19.8 Å². The predicted molar refractivity (Wildman–Crippen MR) is 55.5 cm³/mol. The lowest BCUT2D eigenvalue weighted by Crippen LogP contribution is -2.31. The minimum atomic E-state index is -0.124. The summed E-state index contributed by atoms with van der Waals surface area (Å²) in [7, 11) is 0. The van der Waals surface area contributed by atoms with Crippen molar-refractivity contribution in [2.24, 2.45) is 11.8 Å². The van der Waals surface area contributed by atoms with Gasteiger partial charge in [0.2, 0.25) is 11.8 Å². The summed E-state index contributed by atoms with van der Waals surface area (Å²) >= 11 is 0. The van der Waals surface area contributed by atoms with E-state index < -0.39 is 0 Å². The molecule has 1 aliphatic heterocycles. The number of imide groups is 1. The fourth-order valence-corrected chi connectivity index (χ4v) is 2.18. The molecule has 2 aliphatic rings. The Morgan fingerprint density at radius 1 is 1.27 bits per heavy atom. The molecule has 2 unspecified atom stereocenters. The average Bonchev–Trinajstić information content (AvgIpc) is 2.51. The van der Waals surface area contributed by atoms with Crippen molar-refractivity contribution in [1.29, 1.82) is 0 Å². The van der Waals surface area contributed by atoms with Crippen molar-refractivity contribution in [2.75, 3.05) is 6.54 Å². The summed E-state index contributed by atoms with van der Waals surface area (Å²) in [5.74, 6) is 5.14. The fourth-order valence-electron chi connectivity index (χ4n) is 2.18. The molecule has 78 valence electrons. The third-order valence-corrected chi connectivity index (χ3v) is 3.01. The molecule has 2 atom stereocenters. The van der Waals surface area contributed by atoms with Crippen molar-refractivity contribution in [1.82, 2.24) is 4.90 Å². The standard InChI is InChI=1S/C12H13NO2/c1-2-3-8-13-11(14)9-6-4-5-7-10(9)12(13)15/h4-5,9-10H,6-8H2,1H3. The van der Waals surface area contributed by atoms with Gasteiger partial charge in [-0.2, -0.15) is 0 Å². The SMILES string of the molecule is CC#CCN1C(=O)C2CC=CCC2C1=O. The molecule has 0 aromatic heterocycles. The lowest BCUT2D eigenvalue weighted by molar-refractivity contribution is -0.139. The predicted octanol–water partition coefficient (Wildman–Crippen LogP) is 0.961. The summed E-state index contributed by atoms with van der Waals surface area (Å²) in [5, 5.41) is 0. The molecule has 2 rings (SSSR count). The lowest BCUT2D eigenvalue weighted by atomic mass is 9.85. The van der Waals surface area contributed by atoms with Crippen LogP contribution in [0.2, 0.25) is 0 Å². The highest BCUT2D eigenvalue weighted by atomic mass is 16.2. The Morgan fingerprint density at radius 3 is 2.27 bits per heavy atom. The normalized spacial score (nSPS) is 28.7. The Labute approximate surface area is 89.1 Å². The third kappa shape index (κ3) is 1.56. The van der Waals surface area contributed by atoms with Gasteiger partial charge in [-0.05, 0) is 19.8 Å². The van der Waals surface area contributed by atoms with Gasteiger partial charge in [-0.15, -0.1) is 5.92 Å². The van der Waals surface area contributed by atoms with Crippen LogP contribution in [0.4, 0.5) is 0 Å². The number of nitrogens with zero attached hydrogens (tertiary/aromatic N) is 1. The van der Waals surface area contributed by atoms with E-state index in [0.717, 1.165) is 0 Å². The van der Waals surface area contributed by atoms with Gasteiger partial charge < -0.3 is 0 Å². The van der Waals surface area contributed by atoms with E-state index in [0.29, 0.717) is 12.8 Å². The third-order valence-electron chi connectivity index (χ3n) is 3.01. The monoisotopic (exact) mass is 203 g/mol. The summed E-state index contributed by atoms with van der Waals surface area (Å²) in [6.07, 6.45) is 5.37. The van der Waals surface area contributed by atoms with Crippen LogP contribution in [0.5, 0.6) is 0 Å². The molecule has 15 heavy (non-hydrogen) atoms. The number of likely N-dealkylation sites (tertiary alicyclic amines) is 1. The Hall–Kier alpha value is -1.56. The molecule has 0 N–H and O–H groups in total. The molecule has 1 saturated heterocycles. The summed E-state index contributed by atoms with van der Waals surface area (Å²) < 4.78 is 0. The van der Waals surface area contributed by atoms with Crippen molar-refractivity contribution < 1.29 is 9.59 Å². The molecular formula is C12H13NO2. The van der Waals surface area contributed by atoms with E-state index in [1.54, 1.807) is 6.92 Å². The Morgan fingerprint density at radius 2 is 1.80 bits per heavy atom. The van der Waals surface area contributed by atoms with Crippen LogP contribution < -0.4 is 0 Å². The number of hydrogen-bond acceptors (Lipinski definition) is 2. The second kappa shape index (κ2) is 3.90. The summed E-state index contributed by atoms with van der Waals surface area (Å²) in [5.41, 5.74) is 0. The van der Waals surface area contributed by atoms with Gasteiger partial charge in [0, 0.05) is 0 Å². The summed E-state index contributed by atoms with van der Waals surface area (Å²) in [6, 6.07) is 0. The van der Waals surface area contributed by atoms with Crippen molar-refractivity contribution in [3.8, 4) is 11.8 Å². The molecule has 0 saturated carbocycles. The Balaban J connectivity index is 2.19. The number of hydrogen-bond donors (Lipinski definition) is 0. The molecule has 0 radical (unpaired) electrons. The Bertz CT molecular complexity index is 360. The molecule has 1 heterocycles. The number of amides is 2. The summed E-state index contributed by atoms with van der Waals surface area (Å²) in [4.78, 5) is 25.0. The zero-order chi connectivity index (χ0) is 10.8. The van der Waals surface area contributed by atoms with Gasteiger partial charge in [0.05, 0.1) is 18.4 Å². The van der Waals surface area contributed by atoms with Gasteiger partial charge in [0.1, 0.15) is 0 Å². The smallest absolute Gasteiger partial charge is 0.234 e. The zero-order valence-electron chi connectivity index (χ0n) is 8.69. The molecule has 3 heteroatoms. The van der Waals surface area contributed by atoms with Gasteiger partial charge in [0.15, 0.2) is 0 Å². The van der Waals surface area contributed by atoms with Crippen LogP contribution in [0.1, 0.15) is 19.8 Å². The molecule has 0 spiro atoms. The lowest BCUT2D eigenvalue weighted by Gasteiger charge is -2.14. The average molecular weight is 203 g/mol. The number of fused-ring (bicyclic) bond motifs is 1. The van der Waals surface area contributed by atoms with Crippen molar-refractivity contribution in [3.05, 3.63) is 12.2 Å². The second-order valence-electron chi connectivity index (χ2n) is 3.85. The van der Waals surface area contributed by atoms with E-state index in [1.165, 1.54) is 4.90 Å². The molecule has 1 fully saturated rings. The quantitative estimate of drug-likeness (QED) is 0.361. The van der Waals surface area contributed by atoms with E-state index >= 15 is 0 Å².